The highest BCUT2D eigenvalue weighted by Crippen LogP contribution is 2.17. The number of halogens is 1. The minimum absolute atomic E-state index is 0.224. The number of hydrogen-bond donors (Lipinski definition) is 1. The molecule has 1 aromatic rings. The van der Waals surface area contributed by atoms with Crippen LogP contribution in [0.4, 0.5) is 5.69 Å². The monoisotopic (exact) mass is 300 g/mol. The third-order valence-electron chi connectivity index (χ3n) is 3.14. The Hall–Kier alpha value is -1.07. The van der Waals surface area contributed by atoms with Gasteiger partial charge in [0.1, 0.15) is 5.02 Å². The van der Waals surface area contributed by atoms with Gasteiger partial charge in [0.05, 0.1) is 18.4 Å². The van der Waals surface area contributed by atoms with Crippen LogP contribution in [0.5, 0.6) is 0 Å². The summed E-state index contributed by atoms with van der Waals surface area (Å²) in [5, 5.41) is 7.66. The number of likely N-dealkylation sites (N-methyl/N-ethyl adjacent to an activating group) is 1. The summed E-state index contributed by atoms with van der Waals surface area (Å²) < 4.78 is 1.41. The van der Waals surface area contributed by atoms with Crippen LogP contribution in [0.2, 0.25) is 5.02 Å². The molecule has 0 fully saturated rings. The molecule has 0 radical (unpaired) electrons. The summed E-state index contributed by atoms with van der Waals surface area (Å²) in [6.45, 7) is 5.54. The van der Waals surface area contributed by atoms with Crippen molar-refractivity contribution in [1.29, 1.82) is 0 Å². The van der Waals surface area contributed by atoms with Gasteiger partial charge in [-0.1, -0.05) is 31.4 Å². The van der Waals surface area contributed by atoms with Crippen molar-refractivity contribution < 1.29 is 0 Å². The fraction of sp³-hybridized carbons (Fsp3) is 0.714. The lowest BCUT2D eigenvalue weighted by Gasteiger charge is -2.16. The number of unbranched alkanes of at least 4 members (excludes halogenated alkanes) is 1. The van der Waals surface area contributed by atoms with Gasteiger partial charge in [-0.2, -0.15) is 5.10 Å². The Labute approximate surface area is 125 Å². The van der Waals surface area contributed by atoms with E-state index in [1.165, 1.54) is 4.68 Å². The van der Waals surface area contributed by atoms with Gasteiger partial charge in [0, 0.05) is 12.6 Å². The Balaban J connectivity index is 2.75. The molecule has 0 aliphatic heterocycles. The minimum Gasteiger partial charge on any atom is -0.380 e. The van der Waals surface area contributed by atoms with Gasteiger partial charge >= 0.3 is 0 Å². The molecule has 1 aromatic heterocycles. The molecule has 1 unspecified atom stereocenters. The van der Waals surface area contributed by atoms with Crippen LogP contribution in [0, 0.1) is 0 Å². The summed E-state index contributed by atoms with van der Waals surface area (Å²) in [4.78, 5) is 14.1. The van der Waals surface area contributed by atoms with Crippen molar-refractivity contribution >= 4 is 17.3 Å². The molecule has 0 amide bonds. The van der Waals surface area contributed by atoms with Crippen molar-refractivity contribution in [2.45, 2.75) is 45.7 Å². The largest absolute Gasteiger partial charge is 0.380 e. The molecule has 0 aromatic carbocycles. The van der Waals surface area contributed by atoms with Crippen LogP contribution in [-0.4, -0.2) is 41.4 Å². The molecule has 0 saturated carbocycles. The fourth-order valence-electron chi connectivity index (χ4n) is 1.87. The van der Waals surface area contributed by atoms with Crippen LogP contribution >= 0.6 is 11.6 Å². The van der Waals surface area contributed by atoms with Gasteiger partial charge in [0.25, 0.3) is 5.56 Å². The van der Waals surface area contributed by atoms with Crippen LogP contribution in [-0.2, 0) is 6.54 Å². The molecular weight excluding hydrogens is 276 g/mol. The van der Waals surface area contributed by atoms with Gasteiger partial charge in [-0.25, -0.2) is 4.68 Å². The predicted octanol–water partition coefficient (Wildman–Crippen LogP) is 2.45. The molecule has 114 valence electrons. The van der Waals surface area contributed by atoms with Crippen LogP contribution in [0.1, 0.15) is 33.1 Å². The minimum atomic E-state index is -0.235. The first kappa shape index (κ1) is 17.0. The summed E-state index contributed by atoms with van der Waals surface area (Å²) >= 11 is 6.14. The van der Waals surface area contributed by atoms with Crippen molar-refractivity contribution in [3.63, 3.8) is 0 Å². The van der Waals surface area contributed by atoms with Gasteiger partial charge in [0.15, 0.2) is 0 Å². The average Bonchev–Trinajstić information content (AvgIpc) is 2.40. The average molecular weight is 301 g/mol. The second-order valence-corrected chi connectivity index (χ2v) is 5.77. The summed E-state index contributed by atoms with van der Waals surface area (Å²) in [6, 6.07) is 0.284. The molecule has 1 N–H and O–H groups in total. The Morgan fingerprint density at radius 2 is 2.20 bits per heavy atom. The lowest BCUT2D eigenvalue weighted by atomic mass is 10.1. The first-order valence-corrected chi connectivity index (χ1v) is 7.50. The highest BCUT2D eigenvalue weighted by Gasteiger charge is 2.11. The molecule has 20 heavy (non-hydrogen) atoms. The topological polar surface area (TPSA) is 50.2 Å². The maximum Gasteiger partial charge on any atom is 0.287 e. The highest BCUT2D eigenvalue weighted by molar-refractivity contribution is 6.32. The molecule has 0 aliphatic rings. The van der Waals surface area contributed by atoms with E-state index in [0.717, 1.165) is 25.8 Å². The van der Waals surface area contributed by atoms with Crippen molar-refractivity contribution in [2.24, 2.45) is 0 Å². The number of nitrogens with one attached hydrogen (secondary N) is 1. The second kappa shape index (κ2) is 8.27. The van der Waals surface area contributed by atoms with Gasteiger partial charge in [-0.05, 0) is 27.4 Å². The molecule has 6 heteroatoms. The van der Waals surface area contributed by atoms with Gasteiger partial charge < -0.3 is 10.2 Å². The number of nitrogens with zero attached hydrogens (tertiary/aromatic N) is 3. The lowest BCUT2D eigenvalue weighted by molar-refractivity contribution is 0.367. The molecule has 0 aliphatic carbocycles. The molecule has 0 spiro atoms. The van der Waals surface area contributed by atoms with E-state index in [-0.39, 0.29) is 16.6 Å². The molecule has 1 heterocycles. The predicted molar refractivity (Wildman–Crippen MR) is 84.7 cm³/mol. The smallest absolute Gasteiger partial charge is 0.287 e. The first-order valence-electron chi connectivity index (χ1n) is 7.12. The zero-order valence-electron chi connectivity index (χ0n) is 12.8. The van der Waals surface area contributed by atoms with Crippen molar-refractivity contribution in [2.75, 3.05) is 26.0 Å². The lowest BCUT2D eigenvalue weighted by Crippen LogP contribution is -2.30. The van der Waals surface area contributed by atoms with E-state index in [4.69, 9.17) is 11.6 Å². The summed E-state index contributed by atoms with van der Waals surface area (Å²) in [6.07, 6.45) is 5.00. The first-order chi connectivity index (χ1) is 9.45. The van der Waals surface area contributed by atoms with Crippen LogP contribution in [0.15, 0.2) is 11.0 Å². The van der Waals surface area contributed by atoms with E-state index in [9.17, 15) is 4.79 Å². The third-order valence-corrected chi connectivity index (χ3v) is 3.50. The number of aromatic nitrogens is 2. The van der Waals surface area contributed by atoms with E-state index in [2.05, 4.69) is 24.3 Å². The standard InChI is InChI=1S/C14H25ClN4O/c1-5-6-7-11(2)17-12-10-16-19(9-8-18(3)4)14(20)13(12)15/h10-11,17H,5-9H2,1-4H3. The zero-order valence-corrected chi connectivity index (χ0v) is 13.6. The molecule has 1 rings (SSSR count). The van der Waals surface area contributed by atoms with E-state index in [0.29, 0.717) is 12.2 Å². The fourth-order valence-corrected chi connectivity index (χ4v) is 2.07. The van der Waals surface area contributed by atoms with Crippen LogP contribution < -0.4 is 10.9 Å². The summed E-state index contributed by atoms with van der Waals surface area (Å²) in [7, 11) is 3.91. The quantitative estimate of drug-likeness (QED) is 0.801. The summed E-state index contributed by atoms with van der Waals surface area (Å²) in [5.41, 5.74) is 0.391. The van der Waals surface area contributed by atoms with Crippen molar-refractivity contribution in [3.05, 3.63) is 21.6 Å². The molecule has 1 atom stereocenters. The van der Waals surface area contributed by atoms with E-state index >= 15 is 0 Å². The Bertz CT molecular complexity index is 473. The van der Waals surface area contributed by atoms with E-state index in [1.54, 1.807) is 6.20 Å². The normalized spacial score (nSPS) is 12.7. The zero-order chi connectivity index (χ0) is 15.1. The highest BCUT2D eigenvalue weighted by atomic mass is 35.5. The van der Waals surface area contributed by atoms with Crippen molar-refractivity contribution in [1.82, 2.24) is 14.7 Å². The Morgan fingerprint density at radius 1 is 1.50 bits per heavy atom. The maximum atomic E-state index is 12.1. The van der Waals surface area contributed by atoms with Crippen molar-refractivity contribution in [3.8, 4) is 0 Å². The van der Waals surface area contributed by atoms with E-state index < -0.39 is 0 Å². The number of rotatable bonds is 8. The SMILES string of the molecule is CCCCC(C)Nc1cnn(CCN(C)C)c(=O)c1Cl. The number of hydrogen-bond acceptors (Lipinski definition) is 4. The molecule has 0 saturated heterocycles. The van der Waals surface area contributed by atoms with Gasteiger partial charge in [-0.3, -0.25) is 4.79 Å². The number of anilines is 1. The van der Waals surface area contributed by atoms with Crippen LogP contribution in [0.3, 0.4) is 0 Å². The Morgan fingerprint density at radius 3 is 2.80 bits per heavy atom. The van der Waals surface area contributed by atoms with E-state index in [1.807, 2.05) is 19.0 Å². The second-order valence-electron chi connectivity index (χ2n) is 5.39. The summed E-state index contributed by atoms with van der Waals surface area (Å²) in [5.74, 6) is 0. The van der Waals surface area contributed by atoms with Crippen LogP contribution in [0.25, 0.3) is 0 Å². The Kier molecular flexibility index (Phi) is 7.02. The molecule has 0 bridgehead atoms. The van der Waals surface area contributed by atoms with Gasteiger partial charge in [0.2, 0.25) is 0 Å². The maximum absolute atomic E-state index is 12.1. The van der Waals surface area contributed by atoms with Gasteiger partial charge in [-0.15, -0.1) is 0 Å². The molecule has 5 nitrogen and oxygen atoms in total. The third kappa shape index (κ3) is 5.13. The molecular formula is C14H25ClN4O.